The second-order valence-electron chi connectivity index (χ2n) is 5.62. The number of nitrogens with two attached hydrogens (primary N) is 1. The second kappa shape index (κ2) is 4.81. The summed E-state index contributed by atoms with van der Waals surface area (Å²) < 4.78 is 0. The van der Waals surface area contributed by atoms with Crippen LogP contribution in [0.4, 0.5) is 5.69 Å². The molecule has 1 heterocycles. The molecule has 0 radical (unpaired) electrons. The number of phenolic OH excluding ortho intramolecular Hbond substituents is 1. The van der Waals surface area contributed by atoms with Gasteiger partial charge in [0.05, 0.1) is 12.1 Å². The van der Waals surface area contributed by atoms with Gasteiger partial charge in [0, 0.05) is 5.69 Å². The fraction of sp³-hybridized carbons (Fsp3) is 0.235. The number of aryl methyl sites for hydroxylation is 1. The minimum Gasteiger partial charge on any atom is -0.508 e. The summed E-state index contributed by atoms with van der Waals surface area (Å²) in [5.74, 6) is 0.763. The number of benzene rings is 2. The predicted molar refractivity (Wildman–Crippen MR) is 85.6 cm³/mol. The Kier molecular flexibility index (Phi) is 3.09. The van der Waals surface area contributed by atoms with Crippen LogP contribution in [0.3, 0.4) is 0 Å². The van der Waals surface area contributed by atoms with Crippen molar-refractivity contribution in [2.75, 3.05) is 11.4 Å². The zero-order chi connectivity index (χ0) is 15.0. The molecule has 4 nitrogen and oxygen atoms in total. The van der Waals surface area contributed by atoms with Crippen LogP contribution in [0.1, 0.15) is 18.1 Å². The van der Waals surface area contributed by atoms with Crippen LogP contribution in [-0.4, -0.2) is 17.6 Å². The molecule has 1 unspecified atom stereocenters. The minimum absolute atomic E-state index is 0.254. The average Bonchev–Trinajstić information content (AvgIpc) is 2.77. The van der Waals surface area contributed by atoms with Crippen molar-refractivity contribution < 1.29 is 5.11 Å². The summed E-state index contributed by atoms with van der Waals surface area (Å²) in [6, 6.07) is 15.4. The van der Waals surface area contributed by atoms with Crippen LogP contribution >= 0.6 is 0 Å². The molecule has 21 heavy (non-hydrogen) atoms. The summed E-state index contributed by atoms with van der Waals surface area (Å²) in [5.41, 5.74) is 8.93. The van der Waals surface area contributed by atoms with Crippen molar-refractivity contribution >= 4 is 11.6 Å². The monoisotopic (exact) mass is 281 g/mol. The van der Waals surface area contributed by atoms with Gasteiger partial charge in [0.25, 0.3) is 0 Å². The van der Waals surface area contributed by atoms with Gasteiger partial charge in [0.15, 0.2) is 5.96 Å². The molecule has 0 spiro atoms. The fourth-order valence-corrected chi connectivity index (χ4v) is 2.89. The lowest BCUT2D eigenvalue weighted by Crippen LogP contribution is -2.48. The van der Waals surface area contributed by atoms with Gasteiger partial charge in [-0.25, -0.2) is 0 Å². The first-order chi connectivity index (χ1) is 10.0. The Morgan fingerprint density at radius 1 is 1.19 bits per heavy atom. The molecule has 1 aliphatic heterocycles. The normalized spacial score (nSPS) is 21.4. The molecule has 0 bridgehead atoms. The maximum atomic E-state index is 9.78. The van der Waals surface area contributed by atoms with Crippen molar-refractivity contribution in [3.63, 3.8) is 0 Å². The highest BCUT2D eigenvalue weighted by atomic mass is 16.3. The van der Waals surface area contributed by atoms with E-state index in [0.717, 1.165) is 16.8 Å². The first kappa shape index (κ1) is 13.5. The van der Waals surface area contributed by atoms with Crippen molar-refractivity contribution in [3.8, 4) is 5.75 Å². The molecule has 3 N–H and O–H groups in total. The highest BCUT2D eigenvalue weighted by molar-refractivity contribution is 5.99. The number of para-hydroxylation sites is 1. The quantitative estimate of drug-likeness (QED) is 0.889. The number of aromatic hydroxyl groups is 1. The number of rotatable bonds is 2. The van der Waals surface area contributed by atoms with E-state index in [0.29, 0.717) is 12.5 Å². The Morgan fingerprint density at radius 3 is 2.67 bits per heavy atom. The molecule has 0 fully saturated rings. The van der Waals surface area contributed by atoms with E-state index >= 15 is 0 Å². The molecule has 0 saturated carbocycles. The van der Waals surface area contributed by atoms with Crippen molar-refractivity contribution in [1.29, 1.82) is 0 Å². The zero-order valence-electron chi connectivity index (χ0n) is 12.2. The summed E-state index contributed by atoms with van der Waals surface area (Å²) in [6.45, 7) is 4.72. The Balaban J connectivity index is 2.13. The van der Waals surface area contributed by atoms with Gasteiger partial charge in [-0.1, -0.05) is 30.3 Å². The molecule has 4 heteroatoms. The molecule has 2 aromatic rings. The highest BCUT2D eigenvalue weighted by Crippen LogP contribution is 2.38. The fourth-order valence-electron chi connectivity index (χ4n) is 2.89. The standard InChI is InChI=1S/C17H19N3O/c1-12-6-3-4-9-15(12)20-16(18)19-11-17(20,2)13-7-5-8-14(21)10-13/h3-10,21H,11H2,1-2H3,(H2,18,19). The van der Waals surface area contributed by atoms with E-state index in [2.05, 4.69) is 29.8 Å². The molecular weight excluding hydrogens is 262 g/mol. The summed E-state index contributed by atoms with van der Waals surface area (Å²) in [4.78, 5) is 6.49. The largest absolute Gasteiger partial charge is 0.508 e. The van der Waals surface area contributed by atoms with E-state index in [4.69, 9.17) is 5.73 Å². The van der Waals surface area contributed by atoms with Crippen molar-refractivity contribution in [1.82, 2.24) is 0 Å². The third-order valence-corrected chi connectivity index (χ3v) is 4.10. The number of phenols is 1. The molecule has 2 aromatic carbocycles. The minimum atomic E-state index is -0.394. The molecule has 108 valence electrons. The lowest BCUT2D eigenvalue weighted by molar-refractivity contribution is 0.468. The Hall–Kier alpha value is -2.49. The van der Waals surface area contributed by atoms with Crippen LogP contribution in [0, 0.1) is 6.92 Å². The maximum absolute atomic E-state index is 9.78. The van der Waals surface area contributed by atoms with Crippen molar-refractivity contribution in [3.05, 3.63) is 59.7 Å². The zero-order valence-corrected chi connectivity index (χ0v) is 12.2. The van der Waals surface area contributed by atoms with E-state index in [1.54, 1.807) is 12.1 Å². The van der Waals surface area contributed by atoms with Gasteiger partial charge < -0.3 is 15.7 Å². The van der Waals surface area contributed by atoms with Crippen molar-refractivity contribution in [2.45, 2.75) is 19.4 Å². The van der Waals surface area contributed by atoms with E-state index in [1.165, 1.54) is 0 Å². The SMILES string of the molecule is Cc1ccccc1N1C(N)=NCC1(C)c1cccc(O)c1. The third kappa shape index (κ3) is 2.13. The first-order valence-electron chi connectivity index (χ1n) is 6.98. The van der Waals surface area contributed by atoms with Crippen LogP contribution in [0.15, 0.2) is 53.5 Å². The average molecular weight is 281 g/mol. The highest BCUT2D eigenvalue weighted by Gasteiger charge is 2.41. The van der Waals surface area contributed by atoms with E-state index in [9.17, 15) is 5.11 Å². The Bertz CT molecular complexity index is 711. The number of nitrogens with zero attached hydrogens (tertiary/aromatic N) is 2. The topological polar surface area (TPSA) is 61.8 Å². The van der Waals surface area contributed by atoms with E-state index in [1.807, 2.05) is 30.3 Å². The van der Waals surface area contributed by atoms with Gasteiger partial charge in [-0.05, 0) is 43.2 Å². The Morgan fingerprint density at radius 2 is 1.95 bits per heavy atom. The molecule has 0 aliphatic carbocycles. The van der Waals surface area contributed by atoms with Crippen LogP contribution < -0.4 is 10.6 Å². The van der Waals surface area contributed by atoms with Gasteiger partial charge in [0.1, 0.15) is 5.75 Å². The lowest BCUT2D eigenvalue weighted by Gasteiger charge is -2.37. The molecule has 0 amide bonds. The van der Waals surface area contributed by atoms with Gasteiger partial charge in [-0.3, -0.25) is 4.99 Å². The molecule has 3 rings (SSSR count). The number of hydrogen-bond acceptors (Lipinski definition) is 4. The smallest absolute Gasteiger partial charge is 0.196 e. The van der Waals surface area contributed by atoms with Crippen LogP contribution in [0.5, 0.6) is 5.75 Å². The number of anilines is 1. The summed E-state index contributed by atoms with van der Waals surface area (Å²) in [7, 11) is 0. The van der Waals surface area contributed by atoms with E-state index < -0.39 is 5.54 Å². The Labute approximate surface area is 124 Å². The van der Waals surface area contributed by atoms with Crippen LogP contribution in [0.25, 0.3) is 0 Å². The third-order valence-electron chi connectivity index (χ3n) is 4.10. The van der Waals surface area contributed by atoms with Crippen LogP contribution in [0.2, 0.25) is 0 Å². The van der Waals surface area contributed by atoms with Gasteiger partial charge in [-0.2, -0.15) is 0 Å². The summed E-state index contributed by atoms with van der Waals surface area (Å²) in [5, 5.41) is 9.78. The van der Waals surface area contributed by atoms with E-state index in [-0.39, 0.29) is 5.75 Å². The summed E-state index contributed by atoms with van der Waals surface area (Å²) >= 11 is 0. The molecule has 0 saturated heterocycles. The molecule has 1 atom stereocenters. The first-order valence-corrected chi connectivity index (χ1v) is 6.98. The molecule has 1 aliphatic rings. The van der Waals surface area contributed by atoms with Crippen LogP contribution in [-0.2, 0) is 5.54 Å². The van der Waals surface area contributed by atoms with Gasteiger partial charge >= 0.3 is 0 Å². The van der Waals surface area contributed by atoms with Gasteiger partial charge in [0.2, 0.25) is 0 Å². The second-order valence-corrected chi connectivity index (χ2v) is 5.62. The molecule has 0 aromatic heterocycles. The molecular formula is C17H19N3O. The van der Waals surface area contributed by atoms with Gasteiger partial charge in [-0.15, -0.1) is 0 Å². The number of aliphatic imine (C=N–C) groups is 1. The van der Waals surface area contributed by atoms with Crippen molar-refractivity contribution in [2.24, 2.45) is 10.7 Å². The summed E-state index contributed by atoms with van der Waals surface area (Å²) in [6.07, 6.45) is 0. The number of hydrogen-bond donors (Lipinski definition) is 2. The number of guanidine groups is 1. The lowest BCUT2D eigenvalue weighted by atomic mass is 9.90. The maximum Gasteiger partial charge on any atom is 0.196 e. The predicted octanol–water partition coefficient (Wildman–Crippen LogP) is 2.75.